The van der Waals surface area contributed by atoms with Crippen molar-refractivity contribution in [2.45, 2.75) is 20.0 Å². The molecular formula is C22H20F3N3O3S. The van der Waals surface area contributed by atoms with Crippen LogP contribution >= 0.6 is 11.3 Å². The normalized spacial score (nSPS) is 11.2. The van der Waals surface area contributed by atoms with Crippen LogP contribution in [-0.4, -0.2) is 29.9 Å². The third-order valence-corrected chi connectivity index (χ3v) is 5.53. The van der Waals surface area contributed by atoms with Crippen molar-refractivity contribution in [2.75, 3.05) is 18.5 Å². The molecule has 2 amide bonds. The molecule has 6 nitrogen and oxygen atoms in total. The molecule has 0 atom stereocenters. The number of rotatable bonds is 7. The van der Waals surface area contributed by atoms with Crippen LogP contribution in [0.5, 0.6) is 5.75 Å². The van der Waals surface area contributed by atoms with Crippen molar-refractivity contribution in [1.29, 1.82) is 0 Å². The maximum absolute atomic E-state index is 12.7. The van der Waals surface area contributed by atoms with E-state index in [0.29, 0.717) is 34.3 Å². The van der Waals surface area contributed by atoms with Gasteiger partial charge in [0.25, 0.3) is 5.91 Å². The second kappa shape index (κ2) is 9.82. The average molecular weight is 463 g/mol. The van der Waals surface area contributed by atoms with Gasteiger partial charge in [0.1, 0.15) is 15.6 Å². The molecule has 1 heterocycles. The number of carbonyl (C=O) groups excluding carboxylic acids is 2. The summed E-state index contributed by atoms with van der Waals surface area (Å²) in [6.07, 6.45) is -4.42. The fraction of sp³-hybridized carbons (Fsp3) is 0.227. The van der Waals surface area contributed by atoms with Crippen LogP contribution < -0.4 is 15.4 Å². The van der Waals surface area contributed by atoms with Crippen molar-refractivity contribution < 1.29 is 27.5 Å². The minimum Gasteiger partial charge on any atom is -0.494 e. The van der Waals surface area contributed by atoms with E-state index in [1.807, 2.05) is 6.92 Å². The minimum absolute atomic E-state index is 0.251. The third kappa shape index (κ3) is 5.85. The van der Waals surface area contributed by atoms with Gasteiger partial charge in [-0.3, -0.25) is 9.59 Å². The van der Waals surface area contributed by atoms with Gasteiger partial charge in [0, 0.05) is 11.3 Å². The summed E-state index contributed by atoms with van der Waals surface area (Å²) in [4.78, 5) is 29.2. The predicted molar refractivity (Wildman–Crippen MR) is 116 cm³/mol. The van der Waals surface area contributed by atoms with E-state index < -0.39 is 23.6 Å². The van der Waals surface area contributed by atoms with E-state index >= 15 is 0 Å². The van der Waals surface area contributed by atoms with Gasteiger partial charge in [-0.1, -0.05) is 12.1 Å². The number of halogens is 3. The van der Waals surface area contributed by atoms with Gasteiger partial charge in [-0.25, -0.2) is 4.98 Å². The Bertz CT molecular complexity index is 1090. The Balaban J connectivity index is 1.59. The molecule has 32 heavy (non-hydrogen) atoms. The lowest BCUT2D eigenvalue weighted by atomic mass is 10.1. The third-order valence-electron chi connectivity index (χ3n) is 4.32. The maximum Gasteiger partial charge on any atom is 0.416 e. The van der Waals surface area contributed by atoms with Crippen molar-refractivity contribution in [2.24, 2.45) is 0 Å². The molecule has 2 N–H and O–H groups in total. The summed E-state index contributed by atoms with van der Waals surface area (Å²) in [6, 6.07) is 11.4. The zero-order valence-electron chi connectivity index (χ0n) is 17.2. The number of nitrogens with zero attached hydrogens (tertiary/aromatic N) is 1. The maximum atomic E-state index is 12.7. The highest BCUT2D eigenvalue weighted by Gasteiger charge is 2.30. The number of alkyl halides is 3. The predicted octanol–water partition coefficient (Wildman–Crippen LogP) is 4.90. The molecule has 0 aliphatic heterocycles. The van der Waals surface area contributed by atoms with Gasteiger partial charge in [-0.05, 0) is 50.2 Å². The molecule has 0 spiro atoms. The van der Waals surface area contributed by atoms with E-state index in [9.17, 15) is 22.8 Å². The van der Waals surface area contributed by atoms with E-state index in [1.165, 1.54) is 12.1 Å². The molecule has 0 radical (unpaired) electrons. The number of hydrogen-bond acceptors (Lipinski definition) is 5. The van der Waals surface area contributed by atoms with Crippen molar-refractivity contribution in [3.05, 3.63) is 64.7 Å². The average Bonchev–Trinajstić information content (AvgIpc) is 3.15. The van der Waals surface area contributed by atoms with Gasteiger partial charge in [0.05, 0.1) is 24.4 Å². The summed E-state index contributed by atoms with van der Waals surface area (Å²) in [6.45, 7) is 3.78. The van der Waals surface area contributed by atoms with Crippen LogP contribution in [0.15, 0.2) is 48.5 Å². The Labute approximate surface area is 186 Å². The number of aryl methyl sites for hydroxylation is 1. The summed E-state index contributed by atoms with van der Waals surface area (Å²) >= 11 is 1.05. The van der Waals surface area contributed by atoms with E-state index in [2.05, 4.69) is 15.6 Å². The summed E-state index contributed by atoms with van der Waals surface area (Å²) in [5, 5.41) is 5.62. The topological polar surface area (TPSA) is 80.3 Å². The highest BCUT2D eigenvalue weighted by molar-refractivity contribution is 7.17. The van der Waals surface area contributed by atoms with Crippen LogP contribution in [0, 0.1) is 6.92 Å². The first-order valence-electron chi connectivity index (χ1n) is 9.63. The van der Waals surface area contributed by atoms with Gasteiger partial charge in [-0.2, -0.15) is 13.2 Å². The molecule has 0 bridgehead atoms. The SMILES string of the molecule is CCOc1ccc(NC(=O)CNC(=O)c2sc(-c3ccc(C(F)(F)F)cc3)nc2C)cc1. The quantitative estimate of drug-likeness (QED) is 0.522. The lowest BCUT2D eigenvalue weighted by Gasteiger charge is -2.08. The molecule has 0 aliphatic carbocycles. The van der Waals surface area contributed by atoms with Crippen molar-refractivity contribution in [3.8, 4) is 16.3 Å². The molecule has 0 unspecified atom stereocenters. The summed E-state index contributed by atoms with van der Waals surface area (Å²) in [5.74, 6) is -0.212. The first kappa shape index (κ1) is 23.3. The molecule has 3 rings (SSSR count). The Kier molecular flexibility index (Phi) is 7.14. The summed E-state index contributed by atoms with van der Waals surface area (Å²) < 4.78 is 43.5. The largest absolute Gasteiger partial charge is 0.494 e. The van der Waals surface area contributed by atoms with Crippen LogP contribution in [0.1, 0.15) is 27.9 Å². The monoisotopic (exact) mass is 463 g/mol. The Morgan fingerprint density at radius 2 is 1.72 bits per heavy atom. The molecule has 0 fully saturated rings. The highest BCUT2D eigenvalue weighted by Crippen LogP contribution is 2.33. The Hall–Kier alpha value is -3.40. The number of amides is 2. The van der Waals surface area contributed by atoms with E-state index in [4.69, 9.17) is 4.74 Å². The van der Waals surface area contributed by atoms with Gasteiger partial charge in [0.2, 0.25) is 5.91 Å². The van der Waals surface area contributed by atoms with Gasteiger partial charge in [-0.15, -0.1) is 11.3 Å². The standard InChI is InChI=1S/C22H20F3N3O3S/c1-3-31-17-10-8-16(9-11-17)28-18(29)12-26-20(30)19-13(2)27-21(32-19)14-4-6-15(7-5-14)22(23,24)25/h4-11H,3,12H2,1-2H3,(H,26,30)(H,28,29). The van der Waals surface area contributed by atoms with E-state index in [-0.39, 0.29) is 11.4 Å². The van der Waals surface area contributed by atoms with E-state index in [0.717, 1.165) is 23.5 Å². The number of thiazole rings is 1. The number of hydrogen-bond donors (Lipinski definition) is 2. The van der Waals surface area contributed by atoms with Crippen LogP contribution in [0.4, 0.5) is 18.9 Å². The van der Waals surface area contributed by atoms with Crippen molar-refractivity contribution in [1.82, 2.24) is 10.3 Å². The van der Waals surface area contributed by atoms with Crippen molar-refractivity contribution >= 4 is 28.8 Å². The fourth-order valence-corrected chi connectivity index (χ4v) is 3.77. The Morgan fingerprint density at radius 3 is 2.31 bits per heavy atom. The molecule has 1 aromatic heterocycles. The van der Waals surface area contributed by atoms with Crippen LogP contribution in [0.2, 0.25) is 0 Å². The zero-order valence-corrected chi connectivity index (χ0v) is 18.1. The molecular weight excluding hydrogens is 443 g/mol. The molecule has 0 saturated heterocycles. The molecule has 2 aromatic carbocycles. The number of anilines is 1. The first-order valence-corrected chi connectivity index (χ1v) is 10.4. The van der Waals surface area contributed by atoms with Crippen LogP contribution in [0.3, 0.4) is 0 Å². The van der Waals surface area contributed by atoms with Crippen LogP contribution in [-0.2, 0) is 11.0 Å². The number of carbonyl (C=O) groups is 2. The lowest BCUT2D eigenvalue weighted by Crippen LogP contribution is -2.32. The van der Waals surface area contributed by atoms with E-state index in [1.54, 1.807) is 31.2 Å². The lowest BCUT2D eigenvalue weighted by molar-refractivity contribution is -0.137. The Morgan fingerprint density at radius 1 is 1.06 bits per heavy atom. The first-order chi connectivity index (χ1) is 15.2. The number of benzene rings is 2. The number of aromatic nitrogens is 1. The molecule has 168 valence electrons. The minimum atomic E-state index is -4.42. The summed E-state index contributed by atoms with van der Waals surface area (Å²) in [7, 11) is 0. The smallest absolute Gasteiger partial charge is 0.416 e. The summed E-state index contributed by atoms with van der Waals surface area (Å²) in [5.41, 5.74) is 0.699. The molecule has 3 aromatic rings. The molecule has 10 heteroatoms. The van der Waals surface area contributed by atoms with Crippen LogP contribution in [0.25, 0.3) is 10.6 Å². The molecule has 0 aliphatic rings. The van der Waals surface area contributed by atoms with Gasteiger partial charge >= 0.3 is 6.18 Å². The molecule has 0 saturated carbocycles. The number of ether oxygens (including phenoxy) is 1. The number of nitrogens with one attached hydrogen (secondary N) is 2. The highest BCUT2D eigenvalue weighted by atomic mass is 32.1. The zero-order chi connectivity index (χ0) is 23.3. The second-order valence-corrected chi connectivity index (χ2v) is 7.70. The second-order valence-electron chi connectivity index (χ2n) is 6.70. The van der Waals surface area contributed by atoms with Gasteiger partial charge in [0.15, 0.2) is 0 Å². The fourth-order valence-electron chi connectivity index (χ4n) is 2.78. The van der Waals surface area contributed by atoms with Gasteiger partial charge < -0.3 is 15.4 Å². The van der Waals surface area contributed by atoms with Crippen molar-refractivity contribution in [3.63, 3.8) is 0 Å².